The Kier molecular flexibility index (Phi) is 7.19. The van der Waals surface area contributed by atoms with Crippen LogP contribution in [-0.2, 0) is 4.74 Å². The first-order chi connectivity index (χ1) is 16.6. The molecule has 0 saturated carbocycles. The van der Waals surface area contributed by atoms with Gasteiger partial charge in [-0.3, -0.25) is 9.98 Å². The number of nitrogens with zero attached hydrogens (tertiary/aromatic N) is 3. The number of aromatic nitrogens is 1. The van der Waals surface area contributed by atoms with E-state index in [1.54, 1.807) is 14.2 Å². The van der Waals surface area contributed by atoms with E-state index in [-0.39, 0.29) is 0 Å². The molecular weight excluding hydrogens is 432 g/mol. The number of rotatable bonds is 9. The molecule has 34 heavy (non-hydrogen) atoms. The van der Waals surface area contributed by atoms with Crippen LogP contribution in [0.3, 0.4) is 0 Å². The molecular formula is C26H26N4O4. The minimum atomic E-state index is 0.451. The summed E-state index contributed by atoms with van der Waals surface area (Å²) in [5.74, 6) is 2.76. The molecule has 0 saturated heterocycles. The first-order valence-corrected chi connectivity index (χ1v) is 10.7. The SMILES string of the molecule is C=Nc1ccc(OCCOC)cc1/C(=N\C)Nc1ccc(Oc2ccc3ncoc3c2)c(C)c1. The Morgan fingerprint density at radius 3 is 2.68 bits per heavy atom. The zero-order valence-electron chi connectivity index (χ0n) is 19.4. The number of anilines is 1. The van der Waals surface area contributed by atoms with E-state index in [1.165, 1.54) is 6.39 Å². The van der Waals surface area contributed by atoms with Crippen LogP contribution in [0.15, 0.2) is 75.4 Å². The number of ether oxygens (including phenoxy) is 3. The number of benzene rings is 3. The summed E-state index contributed by atoms with van der Waals surface area (Å²) in [6.45, 7) is 6.62. The molecule has 0 aliphatic rings. The van der Waals surface area contributed by atoms with Gasteiger partial charge in [0.15, 0.2) is 12.0 Å². The van der Waals surface area contributed by atoms with Gasteiger partial charge in [0.05, 0.1) is 12.3 Å². The van der Waals surface area contributed by atoms with Crippen LogP contribution in [0.25, 0.3) is 11.1 Å². The van der Waals surface area contributed by atoms with Gasteiger partial charge in [-0.2, -0.15) is 0 Å². The second kappa shape index (κ2) is 10.6. The maximum Gasteiger partial charge on any atom is 0.181 e. The number of amidine groups is 1. The molecule has 0 atom stereocenters. The molecule has 4 rings (SSSR count). The minimum Gasteiger partial charge on any atom is -0.491 e. The van der Waals surface area contributed by atoms with E-state index in [9.17, 15) is 0 Å². The fourth-order valence-corrected chi connectivity index (χ4v) is 3.42. The van der Waals surface area contributed by atoms with E-state index in [1.807, 2.05) is 61.5 Å². The van der Waals surface area contributed by atoms with Crippen molar-refractivity contribution in [1.82, 2.24) is 4.98 Å². The van der Waals surface area contributed by atoms with Gasteiger partial charge in [-0.1, -0.05) is 0 Å². The second-order valence-electron chi connectivity index (χ2n) is 7.44. The monoisotopic (exact) mass is 458 g/mol. The predicted octanol–water partition coefficient (Wildman–Crippen LogP) is 5.77. The molecule has 0 bridgehead atoms. The Hall–Kier alpha value is -4.17. The number of oxazole rings is 1. The molecule has 1 aromatic heterocycles. The van der Waals surface area contributed by atoms with Gasteiger partial charge in [0.25, 0.3) is 0 Å². The van der Waals surface area contributed by atoms with Gasteiger partial charge < -0.3 is 23.9 Å². The summed E-state index contributed by atoms with van der Waals surface area (Å²) in [6, 6.07) is 17.0. The van der Waals surface area contributed by atoms with E-state index in [4.69, 9.17) is 18.6 Å². The molecule has 0 unspecified atom stereocenters. The van der Waals surface area contributed by atoms with Crippen molar-refractivity contribution in [2.24, 2.45) is 9.98 Å². The predicted molar refractivity (Wildman–Crippen MR) is 134 cm³/mol. The lowest BCUT2D eigenvalue weighted by Crippen LogP contribution is -2.14. The quantitative estimate of drug-likeness (QED) is 0.194. The smallest absolute Gasteiger partial charge is 0.181 e. The van der Waals surface area contributed by atoms with Crippen molar-refractivity contribution in [3.05, 3.63) is 72.1 Å². The lowest BCUT2D eigenvalue weighted by atomic mass is 10.1. The van der Waals surface area contributed by atoms with Gasteiger partial charge in [-0.05, 0) is 67.7 Å². The lowest BCUT2D eigenvalue weighted by Gasteiger charge is -2.15. The third-order valence-corrected chi connectivity index (χ3v) is 5.14. The van der Waals surface area contributed by atoms with Gasteiger partial charge in [0.2, 0.25) is 0 Å². The lowest BCUT2D eigenvalue weighted by molar-refractivity contribution is 0.146. The highest BCUT2D eigenvalue weighted by molar-refractivity contribution is 6.11. The van der Waals surface area contributed by atoms with Gasteiger partial charge in [-0.25, -0.2) is 4.98 Å². The number of methoxy groups -OCH3 is 1. The molecule has 8 heteroatoms. The molecule has 1 heterocycles. The molecule has 0 radical (unpaired) electrons. The summed E-state index contributed by atoms with van der Waals surface area (Å²) in [5.41, 5.74) is 4.76. The van der Waals surface area contributed by atoms with Crippen molar-refractivity contribution < 1.29 is 18.6 Å². The van der Waals surface area contributed by atoms with Gasteiger partial charge in [-0.15, -0.1) is 0 Å². The summed E-state index contributed by atoms with van der Waals surface area (Å²) >= 11 is 0. The van der Waals surface area contributed by atoms with Crippen molar-refractivity contribution in [2.75, 3.05) is 32.7 Å². The molecule has 4 aromatic rings. The molecule has 8 nitrogen and oxygen atoms in total. The Morgan fingerprint density at radius 1 is 1.06 bits per heavy atom. The minimum absolute atomic E-state index is 0.451. The van der Waals surface area contributed by atoms with Crippen LogP contribution >= 0.6 is 0 Å². The Morgan fingerprint density at radius 2 is 1.91 bits per heavy atom. The fraction of sp³-hybridized carbons (Fsp3) is 0.192. The Labute approximate surface area is 197 Å². The van der Waals surface area contributed by atoms with E-state index in [2.05, 4.69) is 27.0 Å². The largest absolute Gasteiger partial charge is 0.491 e. The average Bonchev–Trinajstić information content (AvgIpc) is 3.32. The molecule has 174 valence electrons. The van der Waals surface area contributed by atoms with E-state index in [0.29, 0.717) is 41.8 Å². The zero-order chi connectivity index (χ0) is 23.9. The summed E-state index contributed by atoms with van der Waals surface area (Å²) in [6.07, 6.45) is 1.42. The highest BCUT2D eigenvalue weighted by Gasteiger charge is 2.12. The Balaban J connectivity index is 1.52. The zero-order valence-corrected chi connectivity index (χ0v) is 19.4. The normalized spacial score (nSPS) is 11.4. The second-order valence-corrected chi connectivity index (χ2v) is 7.44. The van der Waals surface area contributed by atoms with Crippen molar-refractivity contribution in [1.29, 1.82) is 0 Å². The van der Waals surface area contributed by atoms with Crippen molar-refractivity contribution in [2.45, 2.75) is 6.92 Å². The first kappa shape index (κ1) is 23.0. The highest BCUT2D eigenvalue weighted by atomic mass is 16.5. The van der Waals surface area contributed by atoms with Crippen LogP contribution in [0.5, 0.6) is 17.2 Å². The van der Waals surface area contributed by atoms with Crippen LogP contribution in [0.2, 0.25) is 0 Å². The number of fused-ring (bicyclic) bond motifs is 1. The third kappa shape index (κ3) is 5.24. The van der Waals surface area contributed by atoms with Crippen molar-refractivity contribution >= 4 is 35.0 Å². The van der Waals surface area contributed by atoms with Crippen LogP contribution in [0.4, 0.5) is 11.4 Å². The van der Waals surface area contributed by atoms with Gasteiger partial charge in [0.1, 0.15) is 35.2 Å². The number of aryl methyl sites for hydroxylation is 1. The maximum atomic E-state index is 6.06. The summed E-state index contributed by atoms with van der Waals surface area (Å²) in [5, 5.41) is 3.37. The van der Waals surface area contributed by atoms with E-state index < -0.39 is 0 Å². The molecule has 1 N–H and O–H groups in total. The summed E-state index contributed by atoms with van der Waals surface area (Å²) in [7, 11) is 3.36. The Bertz CT molecular complexity index is 1330. The van der Waals surface area contributed by atoms with Gasteiger partial charge in [0, 0.05) is 31.5 Å². The van der Waals surface area contributed by atoms with E-state index >= 15 is 0 Å². The molecule has 0 amide bonds. The summed E-state index contributed by atoms with van der Waals surface area (Å²) < 4.78 is 22.2. The number of aliphatic imine (C=N–C) groups is 2. The number of nitrogens with one attached hydrogen (secondary N) is 1. The maximum absolute atomic E-state index is 6.06. The van der Waals surface area contributed by atoms with Crippen LogP contribution in [0, 0.1) is 6.92 Å². The average molecular weight is 459 g/mol. The number of hydrogen-bond donors (Lipinski definition) is 1. The standard InChI is InChI=1S/C26H26N4O4/c1-17-13-18(5-10-24(17)34-20-7-9-23-25(15-20)33-16-29-23)30-26(28-3)21-14-19(32-12-11-31-4)6-8-22(21)27-2/h5-10,13-16H,2,11-12H2,1,3-4H3,(H,28,30). The fourth-order valence-electron chi connectivity index (χ4n) is 3.42. The van der Waals surface area contributed by atoms with E-state index in [0.717, 1.165) is 28.1 Å². The topological polar surface area (TPSA) is 90.5 Å². The first-order valence-electron chi connectivity index (χ1n) is 10.7. The molecule has 3 aromatic carbocycles. The van der Waals surface area contributed by atoms with Crippen molar-refractivity contribution in [3.63, 3.8) is 0 Å². The van der Waals surface area contributed by atoms with Crippen LogP contribution in [-0.4, -0.2) is 44.9 Å². The van der Waals surface area contributed by atoms with Crippen LogP contribution < -0.4 is 14.8 Å². The molecule has 0 spiro atoms. The molecule has 0 fully saturated rings. The molecule has 0 aliphatic heterocycles. The molecule has 0 aliphatic carbocycles. The van der Waals surface area contributed by atoms with Gasteiger partial charge >= 0.3 is 0 Å². The summed E-state index contributed by atoms with van der Waals surface area (Å²) in [4.78, 5) is 12.7. The van der Waals surface area contributed by atoms with Crippen LogP contribution in [0.1, 0.15) is 11.1 Å². The third-order valence-electron chi connectivity index (χ3n) is 5.14. The van der Waals surface area contributed by atoms with Crippen molar-refractivity contribution in [3.8, 4) is 17.2 Å². The number of hydrogen-bond acceptors (Lipinski definition) is 7. The highest BCUT2D eigenvalue weighted by Crippen LogP contribution is 2.30.